The fourth-order valence-corrected chi connectivity index (χ4v) is 3.09. The van der Waals surface area contributed by atoms with Gasteiger partial charge in [-0.15, -0.1) is 0 Å². The van der Waals surface area contributed by atoms with E-state index in [0.29, 0.717) is 24.6 Å². The fraction of sp³-hybridized carbons (Fsp3) is 0.444. The number of halogens is 1. The Morgan fingerprint density at radius 2 is 2.12 bits per heavy atom. The van der Waals surface area contributed by atoms with Crippen LogP contribution in [0.15, 0.2) is 39.5 Å². The summed E-state index contributed by atoms with van der Waals surface area (Å²) in [6.45, 7) is 5.40. The van der Waals surface area contributed by atoms with Crippen molar-refractivity contribution in [1.29, 1.82) is 0 Å². The maximum Gasteiger partial charge on any atom is 0.273 e. The van der Waals surface area contributed by atoms with Crippen LogP contribution < -0.4 is 5.32 Å². The van der Waals surface area contributed by atoms with Crippen molar-refractivity contribution in [3.63, 3.8) is 0 Å². The molecule has 0 spiro atoms. The van der Waals surface area contributed by atoms with Gasteiger partial charge in [0.05, 0.1) is 0 Å². The van der Waals surface area contributed by atoms with Crippen molar-refractivity contribution in [2.75, 3.05) is 13.2 Å². The van der Waals surface area contributed by atoms with Gasteiger partial charge < -0.3 is 14.5 Å². The molecule has 1 aromatic heterocycles. The van der Waals surface area contributed by atoms with Gasteiger partial charge in [0.15, 0.2) is 17.8 Å². The quantitative estimate of drug-likeness (QED) is 0.834. The average molecular weight is 393 g/mol. The molecule has 0 radical (unpaired) electrons. The van der Waals surface area contributed by atoms with E-state index in [0.717, 1.165) is 22.9 Å². The van der Waals surface area contributed by atoms with Gasteiger partial charge >= 0.3 is 0 Å². The maximum absolute atomic E-state index is 12.5. The number of carbonyl (C=O) groups excluding carboxylic acids is 1. The number of nitrogens with one attached hydrogen (secondary N) is 1. The number of aromatic nitrogens is 1. The molecule has 0 aliphatic carbocycles. The standard InChI is InChI=1S/C18H21BrN2O3/c1-18(2,12-5-7-13(19)8-6-12)10-20-17(22)15-16(24-11-21-15)14-4-3-9-23-14/h5-8,11,14H,3-4,9-10H2,1-2H3,(H,20,22). The highest BCUT2D eigenvalue weighted by Gasteiger charge is 2.29. The van der Waals surface area contributed by atoms with Crippen LogP contribution in [0.5, 0.6) is 0 Å². The smallest absolute Gasteiger partial charge is 0.273 e. The van der Waals surface area contributed by atoms with E-state index in [4.69, 9.17) is 9.15 Å². The number of ether oxygens (including phenoxy) is 1. The maximum atomic E-state index is 12.5. The lowest BCUT2D eigenvalue weighted by molar-refractivity contribution is 0.0857. The first-order valence-corrected chi connectivity index (χ1v) is 8.86. The molecule has 2 heterocycles. The molecule has 24 heavy (non-hydrogen) atoms. The molecule has 5 nitrogen and oxygen atoms in total. The number of carbonyl (C=O) groups is 1. The summed E-state index contributed by atoms with van der Waals surface area (Å²) in [4.78, 5) is 16.6. The van der Waals surface area contributed by atoms with Gasteiger partial charge in [-0.05, 0) is 30.5 Å². The highest BCUT2D eigenvalue weighted by molar-refractivity contribution is 9.10. The second kappa shape index (κ2) is 7.07. The van der Waals surface area contributed by atoms with E-state index in [1.165, 1.54) is 6.39 Å². The number of hydrogen-bond donors (Lipinski definition) is 1. The van der Waals surface area contributed by atoms with Crippen LogP contribution in [0.3, 0.4) is 0 Å². The van der Waals surface area contributed by atoms with Crippen LogP contribution in [0.2, 0.25) is 0 Å². The molecule has 1 aromatic carbocycles. The van der Waals surface area contributed by atoms with Crippen LogP contribution in [-0.2, 0) is 10.2 Å². The Morgan fingerprint density at radius 3 is 2.79 bits per heavy atom. The lowest BCUT2D eigenvalue weighted by Crippen LogP contribution is -2.37. The molecule has 3 rings (SSSR count). The lowest BCUT2D eigenvalue weighted by Gasteiger charge is -2.25. The Bertz CT molecular complexity index is 703. The third-order valence-electron chi connectivity index (χ3n) is 4.35. The van der Waals surface area contributed by atoms with Crippen LogP contribution in [0.25, 0.3) is 0 Å². The second-order valence-electron chi connectivity index (χ2n) is 6.64. The summed E-state index contributed by atoms with van der Waals surface area (Å²) in [5.74, 6) is 0.311. The van der Waals surface area contributed by atoms with Gasteiger partial charge in [-0.2, -0.15) is 0 Å². The van der Waals surface area contributed by atoms with Gasteiger partial charge in [-0.25, -0.2) is 4.98 Å². The Kier molecular flexibility index (Phi) is 5.06. The minimum atomic E-state index is -0.223. The van der Waals surface area contributed by atoms with E-state index in [1.807, 2.05) is 12.1 Å². The predicted molar refractivity (Wildman–Crippen MR) is 93.9 cm³/mol. The first kappa shape index (κ1) is 17.2. The zero-order valence-corrected chi connectivity index (χ0v) is 15.4. The monoisotopic (exact) mass is 392 g/mol. The second-order valence-corrected chi connectivity index (χ2v) is 7.56. The van der Waals surface area contributed by atoms with Gasteiger partial charge in [-0.3, -0.25) is 4.79 Å². The molecule has 128 valence electrons. The molecule has 1 saturated heterocycles. The number of hydrogen-bond acceptors (Lipinski definition) is 4. The molecule has 6 heteroatoms. The molecule has 2 aromatic rings. The van der Waals surface area contributed by atoms with E-state index in [1.54, 1.807) is 0 Å². The molecular formula is C18H21BrN2O3. The molecule has 1 N–H and O–H groups in total. The highest BCUT2D eigenvalue weighted by Crippen LogP contribution is 2.30. The average Bonchev–Trinajstić information content (AvgIpc) is 3.23. The van der Waals surface area contributed by atoms with Crippen LogP contribution in [0.4, 0.5) is 0 Å². The van der Waals surface area contributed by atoms with Crippen LogP contribution in [-0.4, -0.2) is 24.0 Å². The highest BCUT2D eigenvalue weighted by atomic mass is 79.9. The number of rotatable bonds is 5. The van der Waals surface area contributed by atoms with Crippen molar-refractivity contribution in [2.24, 2.45) is 0 Å². The Balaban J connectivity index is 1.67. The summed E-state index contributed by atoms with van der Waals surface area (Å²) in [6.07, 6.45) is 2.99. The zero-order valence-electron chi connectivity index (χ0n) is 13.8. The molecule has 1 aliphatic heterocycles. The normalized spacial score (nSPS) is 17.9. The van der Waals surface area contributed by atoms with Gasteiger partial charge in [-0.1, -0.05) is 41.9 Å². The van der Waals surface area contributed by atoms with Gasteiger partial charge in [0, 0.05) is 23.0 Å². The molecule has 1 unspecified atom stereocenters. The van der Waals surface area contributed by atoms with Gasteiger partial charge in [0.25, 0.3) is 5.91 Å². The van der Waals surface area contributed by atoms with E-state index < -0.39 is 0 Å². The molecule has 1 amide bonds. The van der Waals surface area contributed by atoms with Crippen molar-refractivity contribution in [3.8, 4) is 0 Å². The summed E-state index contributed by atoms with van der Waals surface area (Å²) in [6, 6.07) is 8.13. The largest absolute Gasteiger partial charge is 0.445 e. The van der Waals surface area contributed by atoms with Gasteiger partial charge in [0.1, 0.15) is 6.10 Å². The number of amides is 1. The Labute approximate surface area is 149 Å². The molecule has 1 fully saturated rings. The topological polar surface area (TPSA) is 64.4 Å². The van der Waals surface area contributed by atoms with E-state index >= 15 is 0 Å². The van der Waals surface area contributed by atoms with Crippen LogP contribution in [0.1, 0.15) is 54.6 Å². The van der Waals surface area contributed by atoms with Crippen molar-refractivity contribution >= 4 is 21.8 Å². The molecule has 1 aliphatic rings. The zero-order chi connectivity index (χ0) is 17.2. The number of benzene rings is 1. The number of oxazole rings is 1. The van der Waals surface area contributed by atoms with Crippen LogP contribution in [0, 0.1) is 0 Å². The summed E-state index contributed by atoms with van der Waals surface area (Å²) in [7, 11) is 0. The SMILES string of the molecule is CC(C)(CNC(=O)c1ncoc1C1CCCO1)c1ccc(Br)cc1. The first-order chi connectivity index (χ1) is 11.5. The summed E-state index contributed by atoms with van der Waals surface area (Å²) in [5, 5.41) is 2.97. The third-order valence-corrected chi connectivity index (χ3v) is 4.88. The van der Waals surface area contributed by atoms with Crippen molar-refractivity contribution in [1.82, 2.24) is 10.3 Å². The van der Waals surface area contributed by atoms with E-state index in [-0.39, 0.29) is 17.4 Å². The molecule has 0 saturated carbocycles. The van der Waals surface area contributed by atoms with Crippen molar-refractivity contribution in [2.45, 2.75) is 38.2 Å². The summed E-state index contributed by atoms with van der Waals surface area (Å²) < 4.78 is 12.0. The fourth-order valence-electron chi connectivity index (χ4n) is 2.83. The Morgan fingerprint density at radius 1 is 1.38 bits per heavy atom. The third kappa shape index (κ3) is 3.70. The minimum absolute atomic E-state index is 0.160. The van der Waals surface area contributed by atoms with Crippen molar-refractivity contribution < 1.29 is 13.9 Å². The minimum Gasteiger partial charge on any atom is -0.445 e. The van der Waals surface area contributed by atoms with Crippen LogP contribution >= 0.6 is 15.9 Å². The first-order valence-electron chi connectivity index (χ1n) is 8.06. The Hall–Kier alpha value is -1.66. The lowest BCUT2D eigenvalue weighted by atomic mass is 9.84. The number of nitrogens with zero attached hydrogens (tertiary/aromatic N) is 1. The van der Waals surface area contributed by atoms with E-state index in [9.17, 15) is 4.79 Å². The van der Waals surface area contributed by atoms with Gasteiger partial charge in [0.2, 0.25) is 0 Å². The van der Waals surface area contributed by atoms with E-state index in [2.05, 4.69) is 52.2 Å². The summed E-state index contributed by atoms with van der Waals surface area (Å²) >= 11 is 3.44. The predicted octanol–water partition coefficient (Wildman–Crippen LogP) is 4.00. The van der Waals surface area contributed by atoms with Crippen molar-refractivity contribution in [3.05, 3.63) is 52.1 Å². The summed E-state index contributed by atoms with van der Waals surface area (Å²) in [5.41, 5.74) is 1.29. The molecule has 1 atom stereocenters. The molecular weight excluding hydrogens is 372 g/mol. The molecule has 0 bridgehead atoms.